The molecule has 17 heavy (non-hydrogen) atoms. The van der Waals surface area contributed by atoms with E-state index < -0.39 is 6.10 Å². The number of carbonyl (C=O) groups excluding carboxylic acids is 1. The van der Waals surface area contributed by atoms with E-state index in [0.29, 0.717) is 5.92 Å². The molecule has 1 amide bonds. The van der Waals surface area contributed by atoms with Crippen molar-refractivity contribution in [1.29, 1.82) is 0 Å². The summed E-state index contributed by atoms with van der Waals surface area (Å²) in [6, 6.07) is -0.281. The first-order chi connectivity index (χ1) is 7.82. The first kappa shape index (κ1) is 14.5. The minimum Gasteiger partial charge on any atom is -0.388 e. The number of aliphatic hydroxyl groups is 1. The monoisotopic (exact) mass is 243 g/mol. The lowest BCUT2D eigenvalue weighted by Crippen LogP contribution is -2.48. The molecule has 0 aromatic heterocycles. The van der Waals surface area contributed by atoms with Crippen molar-refractivity contribution in [2.75, 3.05) is 0 Å². The molecule has 0 aromatic rings. The highest BCUT2D eigenvalue weighted by Crippen LogP contribution is 2.29. The second kappa shape index (κ2) is 5.83. The van der Waals surface area contributed by atoms with Crippen LogP contribution in [0, 0.1) is 11.8 Å². The van der Waals surface area contributed by atoms with Crippen LogP contribution < -0.4 is 5.32 Å². The smallest absolute Gasteiger partial charge is 0.217 e. The highest BCUT2D eigenvalue weighted by Gasteiger charge is 2.45. The third-order valence-corrected chi connectivity index (χ3v) is 3.17. The van der Waals surface area contributed by atoms with E-state index in [0.717, 1.165) is 6.42 Å². The van der Waals surface area contributed by atoms with E-state index in [-0.39, 0.29) is 30.1 Å². The summed E-state index contributed by atoms with van der Waals surface area (Å²) in [5, 5.41) is 13.0. The van der Waals surface area contributed by atoms with Gasteiger partial charge in [-0.1, -0.05) is 27.7 Å². The molecule has 1 rings (SSSR count). The first-order valence-corrected chi connectivity index (χ1v) is 6.43. The Morgan fingerprint density at radius 1 is 1.35 bits per heavy atom. The van der Waals surface area contributed by atoms with Crippen LogP contribution in [0.25, 0.3) is 0 Å². The summed E-state index contributed by atoms with van der Waals surface area (Å²) in [7, 11) is 0. The zero-order valence-electron chi connectivity index (χ0n) is 11.4. The average molecular weight is 243 g/mol. The molecule has 0 radical (unpaired) electrons. The van der Waals surface area contributed by atoms with Crippen LogP contribution in [0.1, 0.15) is 41.0 Å². The van der Waals surface area contributed by atoms with Gasteiger partial charge in [-0.3, -0.25) is 4.79 Å². The fourth-order valence-electron chi connectivity index (χ4n) is 2.43. The minimum atomic E-state index is -0.603. The van der Waals surface area contributed by atoms with Crippen LogP contribution in [-0.4, -0.2) is 35.4 Å². The van der Waals surface area contributed by atoms with Crippen molar-refractivity contribution in [3.63, 3.8) is 0 Å². The first-order valence-electron chi connectivity index (χ1n) is 6.43. The maximum Gasteiger partial charge on any atom is 0.217 e. The Hall–Kier alpha value is -0.610. The zero-order valence-corrected chi connectivity index (χ0v) is 11.4. The molecule has 0 aliphatic carbocycles. The summed E-state index contributed by atoms with van der Waals surface area (Å²) in [6.07, 6.45) is -0.0499. The molecule has 1 aliphatic heterocycles. The second-order valence-electron chi connectivity index (χ2n) is 5.73. The van der Waals surface area contributed by atoms with Gasteiger partial charge in [0.2, 0.25) is 5.91 Å². The summed E-state index contributed by atoms with van der Waals surface area (Å²) in [5.74, 6) is 0.630. The van der Waals surface area contributed by atoms with Gasteiger partial charge < -0.3 is 15.2 Å². The molecule has 0 saturated carbocycles. The molecule has 4 heteroatoms. The Balaban J connectivity index is 2.74. The quantitative estimate of drug-likeness (QED) is 0.783. The standard InChI is InChI=1S/C13H25NO3/c1-7(2)6-10-12(16)11(14-9(5)15)13(17-10)8(3)4/h7-8,10-13,16H,6H2,1-5H3,(H,14,15)/t10-,11-,12-,13+/m1/s1. The second-order valence-corrected chi connectivity index (χ2v) is 5.73. The molecule has 4 nitrogen and oxygen atoms in total. The molecular formula is C13H25NO3. The molecule has 1 heterocycles. The van der Waals surface area contributed by atoms with Gasteiger partial charge in [0.1, 0.15) is 6.10 Å². The third kappa shape index (κ3) is 3.68. The van der Waals surface area contributed by atoms with Crippen LogP contribution in [-0.2, 0) is 9.53 Å². The summed E-state index contributed by atoms with van der Waals surface area (Å²) >= 11 is 0. The van der Waals surface area contributed by atoms with Crippen molar-refractivity contribution in [3.05, 3.63) is 0 Å². The van der Waals surface area contributed by atoms with Crippen LogP contribution in [0.4, 0.5) is 0 Å². The maximum atomic E-state index is 11.2. The number of carbonyl (C=O) groups is 1. The van der Waals surface area contributed by atoms with Gasteiger partial charge in [-0.15, -0.1) is 0 Å². The average Bonchev–Trinajstić information content (AvgIpc) is 2.45. The molecule has 2 N–H and O–H groups in total. The van der Waals surface area contributed by atoms with Crippen molar-refractivity contribution in [2.45, 2.75) is 65.4 Å². The summed E-state index contributed by atoms with van der Waals surface area (Å²) in [4.78, 5) is 11.2. The van der Waals surface area contributed by atoms with E-state index in [4.69, 9.17) is 4.74 Å². The minimum absolute atomic E-state index is 0.0994. The number of ether oxygens (including phenoxy) is 1. The number of rotatable bonds is 4. The van der Waals surface area contributed by atoms with Crippen molar-refractivity contribution in [3.8, 4) is 0 Å². The fourth-order valence-corrected chi connectivity index (χ4v) is 2.43. The van der Waals surface area contributed by atoms with Crippen LogP contribution in [0.2, 0.25) is 0 Å². The van der Waals surface area contributed by atoms with Gasteiger partial charge in [0, 0.05) is 6.92 Å². The van der Waals surface area contributed by atoms with Crippen LogP contribution in [0.15, 0.2) is 0 Å². The predicted octanol–water partition coefficient (Wildman–Crippen LogP) is 1.32. The molecule has 1 fully saturated rings. The van der Waals surface area contributed by atoms with Gasteiger partial charge in [-0.25, -0.2) is 0 Å². The van der Waals surface area contributed by atoms with E-state index in [1.807, 2.05) is 13.8 Å². The van der Waals surface area contributed by atoms with Gasteiger partial charge >= 0.3 is 0 Å². The van der Waals surface area contributed by atoms with E-state index in [2.05, 4.69) is 19.2 Å². The molecule has 1 aliphatic rings. The molecule has 0 spiro atoms. The summed E-state index contributed by atoms with van der Waals surface area (Å²) < 4.78 is 5.89. The van der Waals surface area contributed by atoms with Crippen molar-refractivity contribution >= 4 is 5.91 Å². The van der Waals surface area contributed by atoms with Gasteiger partial charge in [0.25, 0.3) is 0 Å². The summed E-state index contributed by atoms with van der Waals surface area (Å²) in [6.45, 7) is 9.77. The zero-order chi connectivity index (χ0) is 13.2. The Kier molecular flexibility index (Phi) is 4.95. The van der Waals surface area contributed by atoms with Crippen LogP contribution in [0.3, 0.4) is 0 Å². The SMILES string of the molecule is CC(=O)N[C@@H]1[C@H](O)[C@@H](CC(C)C)O[C@H]1C(C)C. The molecule has 100 valence electrons. The lowest BCUT2D eigenvalue weighted by molar-refractivity contribution is -0.120. The van der Waals surface area contributed by atoms with E-state index >= 15 is 0 Å². The van der Waals surface area contributed by atoms with Gasteiger partial charge in [-0.05, 0) is 18.3 Å². The van der Waals surface area contributed by atoms with Gasteiger partial charge in [0.15, 0.2) is 0 Å². The number of nitrogens with one attached hydrogen (secondary N) is 1. The Labute approximate surface area is 104 Å². The highest BCUT2D eigenvalue weighted by atomic mass is 16.5. The molecule has 1 saturated heterocycles. The van der Waals surface area contributed by atoms with Gasteiger partial charge in [0.05, 0.1) is 18.2 Å². The van der Waals surface area contributed by atoms with Crippen molar-refractivity contribution in [1.82, 2.24) is 5.32 Å². The maximum absolute atomic E-state index is 11.2. The van der Waals surface area contributed by atoms with Gasteiger partial charge in [-0.2, -0.15) is 0 Å². The summed E-state index contributed by atoms with van der Waals surface area (Å²) in [5.41, 5.74) is 0. The number of amides is 1. The van der Waals surface area contributed by atoms with E-state index in [1.54, 1.807) is 0 Å². The van der Waals surface area contributed by atoms with Crippen molar-refractivity contribution < 1.29 is 14.6 Å². The molecular weight excluding hydrogens is 218 g/mol. The van der Waals surface area contributed by atoms with E-state index in [1.165, 1.54) is 6.92 Å². The number of hydrogen-bond donors (Lipinski definition) is 2. The Morgan fingerprint density at radius 2 is 1.94 bits per heavy atom. The molecule has 0 unspecified atom stereocenters. The largest absolute Gasteiger partial charge is 0.388 e. The highest BCUT2D eigenvalue weighted by molar-refractivity contribution is 5.73. The third-order valence-electron chi connectivity index (χ3n) is 3.17. The normalized spacial score (nSPS) is 33.4. The Morgan fingerprint density at radius 3 is 2.35 bits per heavy atom. The van der Waals surface area contributed by atoms with Crippen LogP contribution in [0.5, 0.6) is 0 Å². The lowest BCUT2D eigenvalue weighted by atomic mass is 9.94. The molecule has 4 atom stereocenters. The van der Waals surface area contributed by atoms with Crippen LogP contribution >= 0.6 is 0 Å². The molecule has 0 aromatic carbocycles. The Bertz CT molecular complexity index is 265. The topological polar surface area (TPSA) is 58.6 Å². The number of hydrogen-bond acceptors (Lipinski definition) is 3. The van der Waals surface area contributed by atoms with E-state index in [9.17, 15) is 9.90 Å². The fraction of sp³-hybridized carbons (Fsp3) is 0.923. The predicted molar refractivity (Wildman–Crippen MR) is 66.6 cm³/mol. The lowest BCUT2D eigenvalue weighted by Gasteiger charge is -2.23. The molecule has 0 bridgehead atoms. The number of aliphatic hydroxyl groups excluding tert-OH is 1. The van der Waals surface area contributed by atoms with Crippen molar-refractivity contribution in [2.24, 2.45) is 11.8 Å².